The summed E-state index contributed by atoms with van der Waals surface area (Å²) in [6.07, 6.45) is 1.63. The first-order chi connectivity index (χ1) is 7.66. The van der Waals surface area contributed by atoms with Gasteiger partial charge >= 0.3 is 0 Å². The number of aromatic nitrogens is 2. The highest BCUT2D eigenvalue weighted by Crippen LogP contribution is 2.17. The zero-order valence-corrected chi connectivity index (χ0v) is 10.1. The van der Waals surface area contributed by atoms with Crippen molar-refractivity contribution in [3.63, 3.8) is 0 Å². The Labute approximate surface area is 100 Å². The minimum Gasteiger partial charge on any atom is -0.322 e. The van der Waals surface area contributed by atoms with E-state index < -0.39 is 0 Å². The van der Waals surface area contributed by atoms with E-state index in [9.17, 15) is 4.79 Å². The van der Waals surface area contributed by atoms with Gasteiger partial charge in [-0.2, -0.15) is 0 Å². The molecule has 1 amide bonds. The summed E-state index contributed by atoms with van der Waals surface area (Å²) >= 11 is 2.75. The fourth-order valence-corrected chi connectivity index (χ4v) is 2.33. The first kappa shape index (κ1) is 11.2. The van der Waals surface area contributed by atoms with Gasteiger partial charge in [0.2, 0.25) is 0 Å². The van der Waals surface area contributed by atoms with Crippen LogP contribution in [0.5, 0.6) is 0 Å². The molecule has 3 N–H and O–H groups in total. The Morgan fingerprint density at radius 3 is 2.94 bits per heavy atom. The molecule has 0 aliphatic rings. The van der Waals surface area contributed by atoms with Crippen molar-refractivity contribution in [1.29, 1.82) is 0 Å². The predicted molar refractivity (Wildman–Crippen MR) is 64.8 cm³/mol. The summed E-state index contributed by atoms with van der Waals surface area (Å²) in [4.78, 5) is 19.8. The van der Waals surface area contributed by atoms with E-state index >= 15 is 0 Å². The van der Waals surface area contributed by atoms with E-state index in [0.717, 1.165) is 5.01 Å². The summed E-state index contributed by atoms with van der Waals surface area (Å²) in [7, 11) is 0. The van der Waals surface area contributed by atoms with Gasteiger partial charge in [0.15, 0.2) is 5.13 Å². The number of rotatable bonds is 3. The second-order valence-electron chi connectivity index (χ2n) is 3.15. The van der Waals surface area contributed by atoms with Gasteiger partial charge in [0.25, 0.3) is 5.91 Å². The van der Waals surface area contributed by atoms with Crippen LogP contribution in [-0.2, 0) is 0 Å². The number of anilines is 1. The third kappa shape index (κ3) is 2.43. The maximum absolute atomic E-state index is 11.7. The highest BCUT2D eigenvalue weighted by molar-refractivity contribution is 7.13. The molecule has 1 atom stereocenters. The number of nitrogens with zero attached hydrogens (tertiary/aromatic N) is 2. The summed E-state index contributed by atoms with van der Waals surface area (Å²) in [5.74, 6) is -0.252. The van der Waals surface area contributed by atoms with Crippen molar-refractivity contribution < 1.29 is 4.79 Å². The predicted octanol–water partition coefficient (Wildman–Crippen LogP) is 1.87. The molecule has 0 aromatic carbocycles. The van der Waals surface area contributed by atoms with Crippen LogP contribution < -0.4 is 11.1 Å². The molecule has 16 heavy (non-hydrogen) atoms. The largest absolute Gasteiger partial charge is 0.322 e. The number of hydrogen-bond acceptors (Lipinski definition) is 6. The van der Waals surface area contributed by atoms with Crippen molar-refractivity contribution in [2.45, 2.75) is 13.0 Å². The molecule has 5 nitrogen and oxygen atoms in total. The number of thiazole rings is 2. The highest BCUT2D eigenvalue weighted by Gasteiger charge is 2.13. The molecule has 2 heterocycles. The van der Waals surface area contributed by atoms with Gasteiger partial charge in [-0.15, -0.1) is 22.7 Å². The van der Waals surface area contributed by atoms with Crippen LogP contribution in [0.3, 0.4) is 0 Å². The zero-order chi connectivity index (χ0) is 11.5. The smallest absolute Gasteiger partial charge is 0.276 e. The molecule has 0 saturated carbocycles. The second kappa shape index (κ2) is 4.69. The molecule has 0 saturated heterocycles. The van der Waals surface area contributed by atoms with E-state index in [0.29, 0.717) is 10.8 Å². The summed E-state index contributed by atoms with van der Waals surface area (Å²) in [6, 6.07) is -0.147. The Morgan fingerprint density at radius 1 is 1.56 bits per heavy atom. The van der Waals surface area contributed by atoms with Crippen LogP contribution >= 0.6 is 22.7 Å². The van der Waals surface area contributed by atoms with E-state index in [1.165, 1.54) is 22.7 Å². The minimum atomic E-state index is -0.252. The third-order valence-corrected chi connectivity index (χ3v) is 3.53. The molecule has 0 radical (unpaired) electrons. The fraction of sp³-hybridized carbons (Fsp3) is 0.222. The van der Waals surface area contributed by atoms with Crippen LogP contribution in [0.2, 0.25) is 0 Å². The Balaban J connectivity index is 2.09. The van der Waals surface area contributed by atoms with Gasteiger partial charge in [-0.25, -0.2) is 9.97 Å². The molecule has 2 rings (SSSR count). The number of nitrogens with two attached hydrogens (primary N) is 1. The molecule has 2 aromatic heterocycles. The molecule has 0 bridgehead atoms. The summed E-state index contributed by atoms with van der Waals surface area (Å²) in [6.45, 7) is 1.83. The topological polar surface area (TPSA) is 80.9 Å². The van der Waals surface area contributed by atoms with Crippen molar-refractivity contribution in [2.75, 3.05) is 5.32 Å². The average molecular weight is 254 g/mol. The van der Waals surface area contributed by atoms with Crippen LogP contribution in [0.1, 0.15) is 28.5 Å². The number of amides is 1. The molecule has 7 heteroatoms. The van der Waals surface area contributed by atoms with Crippen LogP contribution in [0, 0.1) is 0 Å². The summed E-state index contributed by atoms with van der Waals surface area (Å²) < 4.78 is 0. The van der Waals surface area contributed by atoms with Crippen molar-refractivity contribution in [1.82, 2.24) is 9.97 Å². The number of carbonyl (C=O) groups is 1. The molecular weight excluding hydrogens is 244 g/mol. The van der Waals surface area contributed by atoms with Gasteiger partial charge in [0.05, 0.1) is 6.04 Å². The van der Waals surface area contributed by atoms with E-state index in [4.69, 9.17) is 5.73 Å². The van der Waals surface area contributed by atoms with Crippen LogP contribution in [-0.4, -0.2) is 15.9 Å². The summed E-state index contributed by atoms with van der Waals surface area (Å²) in [5, 5.41) is 7.48. The Hall–Kier alpha value is -1.31. The molecule has 1 unspecified atom stereocenters. The van der Waals surface area contributed by atoms with E-state index in [1.54, 1.807) is 17.0 Å². The standard InChI is InChI=1S/C9H10N4OS2/c1-5(10)8-12-6(4-16-8)7(14)13-9-11-2-3-15-9/h2-5H,10H2,1H3,(H,11,13,14). The maximum Gasteiger partial charge on any atom is 0.276 e. The van der Waals surface area contributed by atoms with Crippen molar-refractivity contribution >= 4 is 33.7 Å². The average Bonchev–Trinajstić information content (AvgIpc) is 2.86. The quantitative estimate of drug-likeness (QED) is 0.876. The lowest BCUT2D eigenvalue weighted by Crippen LogP contribution is -2.13. The molecule has 0 spiro atoms. The van der Waals surface area contributed by atoms with Gasteiger partial charge in [-0.05, 0) is 6.92 Å². The molecule has 2 aromatic rings. The molecule has 0 aliphatic heterocycles. The maximum atomic E-state index is 11.7. The molecular formula is C9H10N4OS2. The number of carbonyl (C=O) groups excluding carboxylic acids is 1. The molecule has 0 aliphatic carbocycles. The number of hydrogen-bond donors (Lipinski definition) is 2. The lowest BCUT2D eigenvalue weighted by molar-refractivity contribution is 0.102. The van der Waals surface area contributed by atoms with Crippen molar-refractivity contribution in [3.05, 3.63) is 27.7 Å². The Bertz CT molecular complexity index is 477. The Kier molecular flexibility index (Phi) is 3.28. The molecule has 0 fully saturated rings. The van der Waals surface area contributed by atoms with Gasteiger partial charge in [0, 0.05) is 17.0 Å². The highest BCUT2D eigenvalue weighted by atomic mass is 32.1. The van der Waals surface area contributed by atoms with Crippen LogP contribution in [0.15, 0.2) is 17.0 Å². The minimum absolute atomic E-state index is 0.147. The van der Waals surface area contributed by atoms with Crippen LogP contribution in [0.25, 0.3) is 0 Å². The van der Waals surface area contributed by atoms with Crippen molar-refractivity contribution in [2.24, 2.45) is 5.73 Å². The Morgan fingerprint density at radius 2 is 2.38 bits per heavy atom. The van der Waals surface area contributed by atoms with Gasteiger partial charge in [-0.3, -0.25) is 10.1 Å². The van der Waals surface area contributed by atoms with Gasteiger partial charge in [-0.1, -0.05) is 0 Å². The van der Waals surface area contributed by atoms with Crippen LogP contribution in [0.4, 0.5) is 5.13 Å². The number of nitrogens with one attached hydrogen (secondary N) is 1. The lowest BCUT2D eigenvalue weighted by Gasteiger charge is -1.98. The fourth-order valence-electron chi connectivity index (χ4n) is 1.05. The first-order valence-corrected chi connectivity index (χ1v) is 6.34. The van der Waals surface area contributed by atoms with E-state index in [1.807, 2.05) is 6.92 Å². The van der Waals surface area contributed by atoms with E-state index in [-0.39, 0.29) is 11.9 Å². The normalized spacial score (nSPS) is 12.4. The zero-order valence-electron chi connectivity index (χ0n) is 8.51. The van der Waals surface area contributed by atoms with Gasteiger partial charge < -0.3 is 5.73 Å². The van der Waals surface area contributed by atoms with Crippen molar-refractivity contribution in [3.8, 4) is 0 Å². The van der Waals surface area contributed by atoms with E-state index in [2.05, 4.69) is 15.3 Å². The SMILES string of the molecule is CC(N)c1nc(C(=O)Nc2nccs2)cs1. The summed E-state index contributed by atoms with van der Waals surface area (Å²) in [5.41, 5.74) is 6.05. The first-order valence-electron chi connectivity index (χ1n) is 4.58. The van der Waals surface area contributed by atoms with Gasteiger partial charge in [0.1, 0.15) is 10.7 Å². The lowest BCUT2D eigenvalue weighted by atomic mass is 10.4. The third-order valence-electron chi connectivity index (χ3n) is 1.80. The monoisotopic (exact) mass is 254 g/mol. The second-order valence-corrected chi connectivity index (χ2v) is 4.94. The molecule has 84 valence electrons.